The summed E-state index contributed by atoms with van der Waals surface area (Å²) in [6, 6.07) is 10.6. The summed E-state index contributed by atoms with van der Waals surface area (Å²) in [5, 5.41) is 12.8. The molecule has 0 radical (unpaired) electrons. The predicted molar refractivity (Wildman–Crippen MR) is 94.5 cm³/mol. The van der Waals surface area contributed by atoms with E-state index in [2.05, 4.69) is 45.4 Å². The van der Waals surface area contributed by atoms with Gasteiger partial charge in [0.25, 0.3) is 0 Å². The molecule has 1 amide bonds. The van der Waals surface area contributed by atoms with Crippen LogP contribution >= 0.6 is 0 Å². The van der Waals surface area contributed by atoms with E-state index in [1.807, 2.05) is 0 Å². The molecule has 1 aliphatic carbocycles. The molecule has 0 bridgehead atoms. The molecule has 1 aromatic carbocycles. The van der Waals surface area contributed by atoms with Gasteiger partial charge in [0.15, 0.2) is 0 Å². The molecule has 1 aromatic rings. The van der Waals surface area contributed by atoms with Gasteiger partial charge in [-0.15, -0.1) is 0 Å². The number of piperazine rings is 1. The molecule has 2 aliphatic rings. The van der Waals surface area contributed by atoms with Crippen LogP contribution in [0.3, 0.4) is 0 Å². The first-order chi connectivity index (χ1) is 11.7. The Kier molecular flexibility index (Phi) is 6.24. The number of aliphatic hydroxyl groups is 1. The Hall–Kier alpha value is -1.43. The van der Waals surface area contributed by atoms with Gasteiger partial charge in [-0.2, -0.15) is 0 Å². The van der Waals surface area contributed by atoms with Crippen LogP contribution in [0.5, 0.6) is 0 Å². The molecule has 24 heavy (non-hydrogen) atoms. The van der Waals surface area contributed by atoms with Gasteiger partial charge in [0.2, 0.25) is 5.91 Å². The summed E-state index contributed by atoms with van der Waals surface area (Å²) in [5.41, 5.74) is 1.37. The molecule has 5 heteroatoms. The molecule has 1 heterocycles. The highest BCUT2D eigenvalue weighted by atomic mass is 16.3. The van der Waals surface area contributed by atoms with Crippen molar-refractivity contribution in [2.75, 3.05) is 39.3 Å². The molecule has 3 rings (SSSR count). The van der Waals surface area contributed by atoms with Crippen molar-refractivity contribution in [2.24, 2.45) is 5.92 Å². The van der Waals surface area contributed by atoms with Gasteiger partial charge in [-0.25, -0.2) is 0 Å². The van der Waals surface area contributed by atoms with Crippen molar-refractivity contribution in [2.45, 2.75) is 31.9 Å². The number of amides is 1. The van der Waals surface area contributed by atoms with Crippen molar-refractivity contribution < 1.29 is 9.90 Å². The molecule has 2 fully saturated rings. The molecule has 5 nitrogen and oxygen atoms in total. The maximum atomic E-state index is 12.1. The molecule has 1 saturated carbocycles. The zero-order valence-electron chi connectivity index (χ0n) is 14.4. The quantitative estimate of drug-likeness (QED) is 0.819. The van der Waals surface area contributed by atoms with Crippen LogP contribution in [0.1, 0.15) is 24.8 Å². The van der Waals surface area contributed by atoms with Crippen molar-refractivity contribution in [1.29, 1.82) is 0 Å². The normalized spacial score (nSPS) is 25.7. The van der Waals surface area contributed by atoms with Crippen LogP contribution in [0.15, 0.2) is 30.3 Å². The van der Waals surface area contributed by atoms with E-state index in [-0.39, 0.29) is 11.8 Å². The summed E-state index contributed by atoms with van der Waals surface area (Å²) in [4.78, 5) is 16.9. The maximum Gasteiger partial charge on any atom is 0.225 e. The standard InChI is InChI=1S/C19H29N3O2/c23-18-8-4-7-17(18)19(24)20-9-10-21-11-13-22(14-12-21)15-16-5-2-1-3-6-16/h1-3,5-6,17-18,23H,4,7-15H2,(H,20,24). The fraction of sp³-hybridized carbons (Fsp3) is 0.632. The Morgan fingerprint density at radius 1 is 1.08 bits per heavy atom. The van der Waals surface area contributed by atoms with Crippen molar-refractivity contribution in [3.05, 3.63) is 35.9 Å². The van der Waals surface area contributed by atoms with E-state index in [1.165, 1.54) is 5.56 Å². The lowest BCUT2D eigenvalue weighted by molar-refractivity contribution is -0.127. The monoisotopic (exact) mass is 331 g/mol. The Morgan fingerprint density at radius 3 is 2.46 bits per heavy atom. The van der Waals surface area contributed by atoms with E-state index in [0.29, 0.717) is 6.54 Å². The summed E-state index contributed by atoms with van der Waals surface area (Å²) in [6.45, 7) is 6.84. The molecule has 1 aliphatic heterocycles. The van der Waals surface area contributed by atoms with Gasteiger partial charge in [0.1, 0.15) is 0 Å². The first kappa shape index (κ1) is 17.4. The number of rotatable bonds is 6. The topological polar surface area (TPSA) is 55.8 Å². The summed E-state index contributed by atoms with van der Waals surface area (Å²) in [5.74, 6) is -0.157. The first-order valence-corrected chi connectivity index (χ1v) is 9.17. The molecular weight excluding hydrogens is 302 g/mol. The van der Waals surface area contributed by atoms with Crippen LogP contribution in [0.2, 0.25) is 0 Å². The van der Waals surface area contributed by atoms with E-state index in [4.69, 9.17) is 0 Å². The lowest BCUT2D eigenvalue weighted by Gasteiger charge is -2.34. The third-order valence-electron chi connectivity index (χ3n) is 5.26. The Balaban J connectivity index is 1.32. The van der Waals surface area contributed by atoms with Crippen LogP contribution in [0.25, 0.3) is 0 Å². The summed E-state index contributed by atoms with van der Waals surface area (Å²) < 4.78 is 0. The Morgan fingerprint density at radius 2 is 1.79 bits per heavy atom. The van der Waals surface area contributed by atoms with Crippen LogP contribution in [-0.4, -0.2) is 66.2 Å². The van der Waals surface area contributed by atoms with Crippen molar-refractivity contribution >= 4 is 5.91 Å². The van der Waals surface area contributed by atoms with Gasteiger partial charge in [0.05, 0.1) is 12.0 Å². The highest BCUT2D eigenvalue weighted by molar-refractivity contribution is 5.79. The average molecular weight is 331 g/mol. The van der Waals surface area contributed by atoms with Gasteiger partial charge >= 0.3 is 0 Å². The second-order valence-corrected chi connectivity index (χ2v) is 7.00. The minimum Gasteiger partial charge on any atom is -0.392 e. The molecule has 0 aromatic heterocycles. The predicted octanol–water partition coefficient (Wildman–Crippen LogP) is 1.08. The number of carbonyl (C=O) groups is 1. The minimum atomic E-state index is -0.438. The average Bonchev–Trinajstić information content (AvgIpc) is 3.03. The fourth-order valence-corrected chi connectivity index (χ4v) is 3.73. The first-order valence-electron chi connectivity index (χ1n) is 9.17. The second-order valence-electron chi connectivity index (χ2n) is 7.00. The highest BCUT2D eigenvalue weighted by Crippen LogP contribution is 2.25. The number of nitrogens with zero attached hydrogens (tertiary/aromatic N) is 2. The van der Waals surface area contributed by atoms with Gasteiger partial charge in [-0.05, 0) is 24.8 Å². The van der Waals surface area contributed by atoms with Crippen LogP contribution in [0.4, 0.5) is 0 Å². The Labute approximate surface area is 144 Å². The van der Waals surface area contributed by atoms with E-state index >= 15 is 0 Å². The minimum absolute atomic E-state index is 0.0303. The largest absolute Gasteiger partial charge is 0.392 e. The van der Waals surface area contributed by atoms with Crippen molar-refractivity contribution in [3.8, 4) is 0 Å². The van der Waals surface area contributed by atoms with E-state index in [9.17, 15) is 9.90 Å². The van der Waals surface area contributed by atoms with E-state index < -0.39 is 6.10 Å². The van der Waals surface area contributed by atoms with Crippen LogP contribution in [-0.2, 0) is 11.3 Å². The van der Waals surface area contributed by atoms with Gasteiger partial charge in [0, 0.05) is 45.8 Å². The van der Waals surface area contributed by atoms with E-state index in [0.717, 1.165) is 58.5 Å². The lowest BCUT2D eigenvalue weighted by atomic mass is 10.1. The lowest BCUT2D eigenvalue weighted by Crippen LogP contribution is -2.48. The second kappa shape index (κ2) is 8.60. The maximum absolute atomic E-state index is 12.1. The SMILES string of the molecule is O=C(NCCN1CCN(Cc2ccccc2)CC1)C1CCCC1O. The number of hydrogen-bond donors (Lipinski definition) is 2. The molecule has 2 N–H and O–H groups in total. The molecule has 1 saturated heterocycles. The van der Waals surface area contributed by atoms with Gasteiger partial charge < -0.3 is 10.4 Å². The zero-order chi connectivity index (χ0) is 16.8. The fourth-order valence-electron chi connectivity index (χ4n) is 3.73. The summed E-state index contributed by atoms with van der Waals surface area (Å²) in [7, 11) is 0. The summed E-state index contributed by atoms with van der Waals surface area (Å²) in [6.07, 6.45) is 2.11. The van der Waals surface area contributed by atoms with Crippen molar-refractivity contribution in [1.82, 2.24) is 15.1 Å². The van der Waals surface area contributed by atoms with Gasteiger partial charge in [-0.1, -0.05) is 30.3 Å². The van der Waals surface area contributed by atoms with Crippen molar-refractivity contribution in [3.63, 3.8) is 0 Å². The molecule has 2 atom stereocenters. The number of benzene rings is 1. The number of hydrogen-bond acceptors (Lipinski definition) is 4. The number of aliphatic hydroxyl groups excluding tert-OH is 1. The van der Waals surface area contributed by atoms with Crippen LogP contribution < -0.4 is 5.32 Å². The highest BCUT2D eigenvalue weighted by Gasteiger charge is 2.31. The molecule has 132 valence electrons. The molecule has 2 unspecified atom stereocenters. The number of nitrogens with one attached hydrogen (secondary N) is 1. The smallest absolute Gasteiger partial charge is 0.225 e. The third-order valence-corrected chi connectivity index (χ3v) is 5.26. The van der Waals surface area contributed by atoms with E-state index in [1.54, 1.807) is 0 Å². The molecule has 0 spiro atoms. The zero-order valence-corrected chi connectivity index (χ0v) is 14.4. The Bertz CT molecular complexity index is 515. The number of carbonyl (C=O) groups excluding carboxylic acids is 1. The van der Waals surface area contributed by atoms with Gasteiger partial charge in [-0.3, -0.25) is 14.6 Å². The molecular formula is C19H29N3O2. The summed E-state index contributed by atoms with van der Waals surface area (Å²) >= 11 is 0. The third kappa shape index (κ3) is 4.79. The van der Waals surface area contributed by atoms with Crippen LogP contribution in [0, 0.1) is 5.92 Å².